The fourth-order valence-corrected chi connectivity index (χ4v) is 3.99. The summed E-state index contributed by atoms with van der Waals surface area (Å²) in [6, 6.07) is 0. The van der Waals surface area contributed by atoms with E-state index < -0.39 is 5.97 Å². The number of thioether (sulfide) groups is 1. The van der Waals surface area contributed by atoms with E-state index in [-0.39, 0.29) is 17.7 Å². The number of nitrogens with one attached hydrogen (secondary N) is 1. The topological polar surface area (TPSA) is 66.4 Å². The lowest BCUT2D eigenvalue weighted by Gasteiger charge is -2.22. The molecule has 1 amide bonds. The van der Waals surface area contributed by atoms with Crippen LogP contribution in [0.5, 0.6) is 0 Å². The minimum absolute atomic E-state index is 0.0666. The number of rotatable bonds is 4. The molecule has 0 bridgehead atoms. The first-order valence-electron chi connectivity index (χ1n) is 6.75. The highest BCUT2D eigenvalue weighted by Gasteiger charge is 2.33. The lowest BCUT2D eigenvalue weighted by molar-refractivity contribution is -0.141. The van der Waals surface area contributed by atoms with Crippen molar-refractivity contribution < 1.29 is 14.7 Å². The van der Waals surface area contributed by atoms with Crippen LogP contribution in [0, 0.1) is 17.8 Å². The van der Waals surface area contributed by atoms with Gasteiger partial charge in [0, 0.05) is 12.5 Å². The summed E-state index contributed by atoms with van der Waals surface area (Å²) < 4.78 is 0. The van der Waals surface area contributed by atoms with Crippen LogP contribution in [0.4, 0.5) is 0 Å². The summed E-state index contributed by atoms with van der Waals surface area (Å²) in [7, 11) is 0. The van der Waals surface area contributed by atoms with E-state index in [0.29, 0.717) is 18.8 Å². The molecule has 0 radical (unpaired) electrons. The van der Waals surface area contributed by atoms with E-state index in [4.69, 9.17) is 5.11 Å². The van der Waals surface area contributed by atoms with Gasteiger partial charge >= 0.3 is 5.97 Å². The maximum atomic E-state index is 11.9. The molecule has 5 heteroatoms. The standard InChI is InChI=1S/C13H21NO3S/c15-12(10-1-2-11(7-10)13(16)17)14-8-9-3-5-18-6-4-9/h9-11H,1-8H2,(H,14,15)(H,16,17)/t10-,11+/m0/s1. The maximum Gasteiger partial charge on any atom is 0.306 e. The normalized spacial score (nSPS) is 29.1. The highest BCUT2D eigenvalue weighted by molar-refractivity contribution is 7.99. The minimum atomic E-state index is -0.755. The second-order valence-corrected chi connectivity index (χ2v) is 6.57. The number of carbonyl (C=O) groups excluding carboxylic acids is 1. The first kappa shape index (κ1) is 13.7. The zero-order valence-corrected chi connectivity index (χ0v) is 11.4. The number of aliphatic carboxylic acids is 1. The van der Waals surface area contributed by atoms with Crippen molar-refractivity contribution >= 4 is 23.6 Å². The van der Waals surface area contributed by atoms with Gasteiger partial charge in [-0.1, -0.05) is 0 Å². The predicted molar refractivity (Wildman–Crippen MR) is 71.5 cm³/mol. The summed E-state index contributed by atoms with van der Waals surface area (Å²) in [5.41, 5.74) is 0. The lowest BCUT2D eigenvalue weighted by Crippen LogP contribution is -2.34. The Hall–Kier alpha value is -0.710. The molecule has 0 spiro atoms. The monoisotopic (exact) mass is 271 g/mol. The molecule has 0 aromatic heterocycles. The van der Waals surface area contributed by atoms with E-state index in [1.807, 2.05) is 11.8 Å². The van der Waals surface area contributed by atoms with E-state index in [0.717, 1.165) is 13.0 Å². The molecule has 4 nitrogen and oxygen atoms in total. The number of hydrogen-bond acceptors (Lipinski definition) is 3. The SMILES string of the molecule is O=C(O)[C@@H]1CC[C@H](C(=O)NCC2CCSCC2)C1. The van der Waals surface area contributed by atoms with E-state index in [1.165, 1.54) is 24.3 Å². The van der Waals surface area contributed by atoms with Crippen molar-refractivity contribution in [3.05, 3.63) is 0 Å². The Labute approximate surface area is 112 Å². The third-order valence-corrected chi connectivity index (χ3v) is 5.11. The Morgan fingerprint density at radius 3 is 2.39 bits per heavy atom. The number of carboxylic acid groups (broad SMARTS) is 1. The summed E-state index contributed by atoms with van der Waals surface area (Å²) in [4.78, 5) is 22.8. The molecule has 1 aliphatic heterocycles. The van der Waals surface area contributed by atoms with Gasteiger partial charge in [-0.2, -0.15) is 11.8 Å². The van der Waals surface area contributed by atoms with Crippen molar-refractivity contribution in [2.24, 2.45) is 17.8 Å². The molecule has 2 atom stereocenters. The molecule has 0 aromatic carbocycles. The third kappa shape index (κ3) is 3.64. The van der Waals surface area contributed by atoms with Gasteiger partial charge in [-0.3, -0.25) is 9.59 Å². The van der Waals surface area contributed by atoms with Crippen molar-refractivity contribution in [3.63, 3.8) is 0 Å². The fraction of sp³-hybridized carbons (Fsp3) is 0.846. The fourth-order valence-electron chi connectivity index (χ4n) is 2.78. The number of amides is 1. The molecule has 1 aliphatic carbocycles. The highest BCUT2D eigenvalue weighted by atomic mass is 32.2. The van der Waals surface area contributed by atoms with Gasteiger partial charge in [0.05, 0.1) is 5.92 Å². The molecular weight excluding hydrogens is 250 g/mol. The van der Waals surface area contributed by atoms with Crippen LogP contribution >= 0.6 is 11.8 Å². The third-order valence-electron chi connectivity index (χ3n) is 4.06. The second kappa shape index (κ2) is 6.45. The van der Waals surface area contributed by atoms with Gasteiger partial charge in [-0.25, -0.2) is 0 Å². The van der Waals surface area contributed by atoms with Crippen molar-refractivity contribution in [1.82, 2.24) is 5.32 Å². The Kier molecular flexibility index (Phi) is 4.92. The molecule has 2 rings (SSSR count). The molecule has 1 saturated heterocycles. The Morgan fingerprint density at radius 2 is 1.78 bits per heavy atom. The Morgan fingerprint density at radius 1 is 1.11 bits per heavy atom. The van der Waals surface area contributed by atoms with Crippen LogP contribution in [0.3, 0.4) is 0 Å². The quantitative estimate of drug-likeness (QED) is 0.817. The number of carbonyl (C=O) groups is 2. The molecule has 102 valence electrons. The zero-order valence-electron chi connectivity index (χ0n) is 10.6. The minimum Gasteiger partial charge on any atom is -0.481 e. The van der Waals surface area contributed by atoms with Crippen LogP contribution in [0.25, 0.3) is 0 Å². The second-order valence-electron chi connectivity index (χ2n) is 5.35. The molecule has 0 aromatic rings. The van der Waals surface area contributed by atoms with Crippen molar-refractivity contribution in [2.75, 3.05) is 18.1 Å². The van der Waals surface area contributed by atoms with Gasteiger partial charge in [-0.15, -0.1) is 0 Å². The summed E-state index contributed by atoms with van der Waals surface area (Å²) in [6.45, 7) is 0.771. The van der Waals surface area contributed by atoms with Gasteiger partial charge < -0.3 is 10.4 Å². The van der Waals surface area contributed by atoms with E-state index in [2.05, 4.69) is 5.32 Å². The van der Waals surface area contributed by atoms with Crippen LogP contribution in [0.2, 0.25) is 0 Å². The maximum absolute atomic E-state index is 11.9. The van der Waals surface area contributed by atoms with Crippen molar-refractivity contribution in [3.8, 4) is 0 Å². The van der Waals surface area contributed by atoms with Gasteiger partial charge in [0.2, 0.25) is 5.91 Å². The first-order valence-corrected chi connectivity index (χ1v) is 7.90. The van der Waals surface area contributed by atoms with Gasteiger partial charge in [0.25, 0.3) is 0 Å². The van der Waals surface area contributed by atoms with Gasteiger partial charge in [0.15, 0.2) is 0 Å². The first-order chi connectivity index (χ1) is 8.66. The molecule has 1 saturated carbocycles. The van der Waals surface area contributed by atoms with Gasteiger partial charge in [0.1, 0.15) is 0 Å². The largest absolute Gasteiger partial charge is 0.481 e. The zero-order chi connectivity index (χ0) is 13.0. The lowest BCUT2D eigenvalue weighted by atomic mass is 10.0. The van der Waals surface area contributed by atoms with E-state index in [1.54, 1.807) is 0 Å². The summed E-state index contributed by atoms with van der Waals surface area (Å²) in [5, 5.41) is 11.9. The van der Waals surface area contributed by atoms with Crippen LogP contribution in [0.15, 0.2) is 0 Å². The van der Waals surface area contributed by atoms with Crippen LogP contribution < -0.4 is 5.32 Å². The molecule has 2 aliphatic rings. The molecule has 0 unspecified atom stereocenters. The average molecular weight is 271 g/mol. The Bertz CT molecular complexity index is 315. The predicted octanol–water partition coefficient (Wildman–Crippen LogP) is 1.75. The molecular formula is C13H21NO3S. The summed E-state index contributed by atoms with van der Waals surface area (Å²) in [5.74, 6) is 1.94. The van der Waals surface area contributed by atoms with E-state index in [9.17, 15) is 9.59 Å². The van der Waals surface area contributed by atoms with Crippen molar-refractivity contribution in [1.29, 1.82) is 0 Å². The molecule has 2 N–H and O–H groups in total. The number of hydrogen-bond donors (Lipinski definition) is 2. The van der Waals surface area contributed by atoms with Gasteiger partial charge in [-0.05, 0) is 49.5 Å². The summed E-state index contributed by atoms with van der Waals surface area (Å²) >= 11 is 1.98. The van der Waals surface area contributed by atoms with Crippen LogP contribution in [-0.4, -0.2) is 35.0 Å². The Balaban J connectivity index is 1.70. The molecule has 1 heterocycles. The average Bonchev–Trinajstić information content (AvgIpc) is 2.87. The van der Waals surface area contributed by atoms with Crippen LogP contribution in [-0.2, 0) is 9.59 Å². The van der Waals surface area contributed by atoms with Crippen LogP contribution in [0.1, 0.15) is 32.1 Å². The summed E-state index contributed by atoms with van der Waals surface area (Å²) in [6.07, 6.45) is 4.26. The highest BCUT2D eigenvalue weighted by Crippen LogP contribution is 2.31. The molecule has 2 fully saturated rings. The van der Waals surface area contributed by atoms with Crippen molar-refractivity contribution in [2.45, 2.75) is 32.1 Å². The smallest absolute Gasteiger partial charge is 0.306 e. The molecule has 18 heavy (non-hydrogen) atoms. The van der Waals surface area contributed by atoms with E-state index >= 15 is 0 Å². The number of carboxylic acids is 1.